The number of hydrogen-bond acceptors (Lipinski definition) is 2. The molecule has 0 aliphatic rings. The van der Waals surface area contributed by atoms with Crippen LogP contribution in [0, 0.1) is 0 Å². The Kier molecular flexibility index (Phi) is 12.8. The van der Waals surface area contributed by atoms with Crippen LogP contribution in [-0.4, -0.2) is 28.5 Å². The summed E-state index contributed by atoms with van der Waals surface area (Å²) < 4.78 is 0. The molecule has 0 aromatic carbocycles. The van der Waals surface area contributed by atoms with Crippen LogP contribution in [0.15, 0.2) is 0 Å². The fraction of sp³-hybridized carbons (Fsp3) is 0.923. The third-order valence-electron chi connectivity index (χ3n) is 2.59. The normalized spacial score (nSPS) is 13.2. The molecular weight excluding hydrogens is 218 g/mol. The van der Waals surface area contributed by atoms with Crippen molar-refractivity contribution in [3.05, 3.63) is 0 Å². The van der Waals surface area contributed by atoms with E-state index in [4.69, 9.17) is 10.2 Å². The third kappa shape index (κ3) is 11.5. The molecule has 0 fully saturated rings. The molecule has 0 bridgehead atoms. The van der Waals surface area contributed by atoms with Crippen LogP contribution in [0.5, 0.6) is 0 Å². The highest BCUT2D eigenvalue weighted by atomic mass is 16.4. The van der Waals surface area contributed by atoms with Gasteiger partial charge in [0.25, 0.3) is 0 Å². The molecule has 1 atom stereocenters. The lowest BCUT2D eigenvalue weighted by Crippen LogP contribution is -2.48. The van der Waals surface area contributed by atoms with Gasteiger partial charge in [0, 0.05) is 0 Å². The fourth-order valence-corrected chi connectivity index (χ4v) is 1.56. The van der Waals surface area contributed by atoms with Crippen molar-refractivity contribution in [1.82, 2.24) is 5.32 Å². The predicted octanol–water partition coefficient (Wildman–Crippen LogP) is 3.39. The molecule has 4 nitrogen and oxygen atoms in total. The Morgan fingerprint density at radius 3 is 2.12 bits per heavy atom. The van der Waals surface area contributed by atoms with Crippen molar-refractivity contribution >= 4 is 6.09 Å². The van der Waals surface area contributed by atoms with E-state index in [0.717, 1.165) is 12.8 Å². The monoisotopic (exact) mass is 247 g/mol. The smallest absolute Gasteiger partial charge is 0.405 e. The minimum atomic E-state index is -1.07. The SMILES string of the molecule is CC.CCCCCCCC(C)(CO)NC(=O)O. The van der Waals surface area contributed by atoms with E-state index in [1.54, 1.807) is 6.92 Å². The highest BCUT2D eigenvalue weighted by Gasteiger charge is 2.24. The second-order valence-electron chi connectivity index (χ2n) is 4.31. The number of aliphatic hydroxyl groups excluding tert-OH is 1. The van der Waals surface area contributed by atoms with Crippen molar-refractivity contribution in [3.63, 3.8) is 0 Å². The van der Waals surface area contributed by atoms with Gasteiger partial charge in [0.05, 0.1) is 12.1 Å². The first-order valence-corrected chi connectivity index (χ1v) is 6.66. The molecule has 0 rings (SSSR count). The Bertz CT molecular complexity index is 186. The van der Waals surface area contributed by atoms with Gasteiger partial charge in [-0.3, -0.25) is 0 Å². The van der Waals surface area contributed by atoms with E-state index in [9.17, 15) is 4.79 Å². The summed E-state index contributed by atoms with van der Waals surface area (Å²) >= 11 is 0. The van der Waals surface area contributed by atoms with E-state index in [1.807, 2.05) is 13.8 Å². The number of rotatable bonds is 8. The lowest BCUT2D eigenvalue weighted by molar-refractivity contribution is 0.139. The first kappa shape index (κ1) is 18.6. The van der Waals surface area contributed by atoms with Gasteiger partial charge in [-0.2, -0.15) is 0 Å². The van der Waals surface area contributed by atoms with Gasteiger partial charge < -0.3 is 15.5 Å². The molecule has 0 aromatic heterocycles. The Balaban J connectivity index is 0. The maximum absolute atomic E-state index is 10.5. The molecule has 3 N–H and O–H groups in total. The average Bonchev–Trinajstić information content (AvgIpc) is 2.30. The molecule has 0 spiro atoms. The van der Waals surface area contributed by atoms with E-state index >= 15 is 0 Å². The van der Waals surface area contributed by atoms with Crippen molar-refractivity contribution in [2.24, 2.45) is 0 Å². The number of carboxylic acid groups (broad SMARTS) is 1. The van der Waals surface area contributed by atoms with Crippen LogP contribution in [0.3, 0.4) is 0 Å². The topological polar surface area (TPSA) is 69.6 Å². The van der Waals surface area contributed by atoms with Crippen molar-refractivity contribution < 1.29 is 15.0 Å². The van der Waals surface area contributed by atoms with Crippen LogP contribution >= 0.6 is 0 Å². The summed E-state index contributed by atoms with van der Waals surface area (Å²) in [7, 11) is 0. The zero-order valence-corrected chi connectivity index (χ0v) is 11.8. The molecule has 0 saturated carbocycles. The van der Waals surface area contributed by atoms with Crippen LogP contribution in [-0.2, 0) is 0 Å². The quantitative estimate of drug-likeness (QED) is 0.576. The first-order valence-electron chi connectivity index (χ1n) is 6.66. The minimum absolute atomic E-state index is 0.146. The second-order valence-corrected chi connectivity index (χ2v) is 4.31. The molecular formula is C13H29NO3. The summed E-state index contributed by atoms with van der Waals surface area (Å²) in [5.74, 6) is 0. The van der Waals surface area contributed by atoms with Crippen molar-refractivity contribution in [2.45, 2.75) is 71.8 Å². The lowest BCUT2D eigenvalue weighted by atomic mass is 9.95. The summed E-state index contributed by atoms with van der Waals surface area (Å²) in [6.07, 6.45) is 5.29. The molecule has 0 aliphatic heterocycles. The van der Waals surface area contributed by atoms with Gasteiger partial charge in [-0.15, -0.1) is 0 Å². The van der Waals surface area contributed by atoms with E-state index in [-0.39, 0.29) is 6.61 Å². The largest absolute Gasteiger partial charge is 0.465 e. The van der Waals surface area contributed by atoms with Crippen LogP contribution in [0.4, 0.5) is 4.79 Å². The highest BCUT2D eigenvalue weighted by molar-refractivity contribution is 5.65. The predicted molar refractivity (Wildman–Crippen MR) is 71.4 cm³/mol. The first-order chi connectivity index (χ1) is 8.04. The van der Waals surface area contributed by atoms with Gasteiger partial charge in [-0.05, 0) is 13.3 Å². The van der Waals surface area contributed by atoms with Crippen LogP contribution in [0.1, 0.15) is 66.2 Å². The zero-order valence-electron chi connectivity index (χ0n) is 11.8. The maximum atomic E-state index is 10.5. The third-order valence-corrected chi connectivity index (χ3v) is 2.59. The maximum Gasteiger partial charge on any atom is 0.405 e. The summed E-state index contributed by atoms with van der Waals surface area (Å²) in [5, 5.41) is 20.1. The molecule has 1 amide bonds. The van der Waals surface area contributed by atoms with E-state index in [1.165, 1.54) is 19.3 Å². The van der Waals surface area contributed by atoms with Crippen LogP contribution in [0.25, 0.3) is 0 Å². The molecule has 0 saturated heterocycles. The molecule has 17 heavy (non-hydrogen) atoms. The standard InChI is InChI=1S/C11H23NO3.C2H6/c1-3-4-5-6-7-8-11(2,9-13)12-10(14)15;1-2/h12-13H,3-9H2,1-2H3,(H,14,15);1-2H3. The molecule has 0 aliphatic carbocycles. The van der Waals surface area contributed by atoms with Crippen molar-refractivity contribution in [2.75, 3.05) is 6.61 Å². The molecule has 4 heteroatoms. The van der Waals surface area contributed by atoms with Gasteiger partial charge in [-0.1, -0.05) is 52.9 Å². The number of nitrogens with one attached hydrogen (secondary N) is 1. The van der Waals surface area contributed by atoms with E-state index < -0.39 is 11.6 Å². The van der Waals surface area contributed by atoms with Gasteiger partial charge in [-0.25, -0.2) is 4.79 Å². The van der Waals surface area contributed by atoms with Crippen molar-refractivity contribution in [3.8, 4) is 0 Å². The van der Waals surface area contributed by atoms with Gasteiger partial charge in [0.2, 0.25) is 0 Å². The van der Waals surface area contributed by atoms with E-state index in [2.05, 4.69) is 12.2 Å². The summed E-state index contributed by atoms with van der Waals surface area (Å²) in [6, 6.07) is 0. The summed E-state index contributed by atoms with van der Waals surface area (Å²) in [5.41, 5.74) is -0.682. The van der Waals surface area contributed by atoms with Gasteiger partial charge in [0.15, 0.2) is 0 Å². The highest BCUT2D eigenvalue weighted by Crippen LogP contribution is 2.15. The van der Waals surface area contributed by atoms with Crippen molar-refractivity contribution in [1.29, 1.82) is 0 Å². The number of amides is 1. The summed E-state index contributed by atoms with van der Waals surface area (Å²) in [6.45, 7) is 7.75. The minimum Gasteiger partial charge on any atom is -0.465 e. The Hall–Kier alpha value is -0.770. The second kappa shape index (κ2) is 11.7. The van der Waals surface area contributed by atoms with Gasteiger partial charge in [0.1, 0.15) is 0 Å². The number of carbonyl (C=O) groups is 1. The molecule has 0 aromatic rings. The Labute approximate surface area is 105 Å². The average molecular weight is 247 g/mol. The van der Waals surface area contributed by atoms with Crippen LogP contribution in [0.2, 0.25) is 0 Å². The summed E-state index contributed by atoms with van der Waals surface area (Å²) in [4.78, 5) is 10.5. The molecule has 104 valence electrons. The number of hydrogen-bond donors (Lipinski definition) is 3. The van der Waals surface area contributed by atoms with Gasteiger partial charge >= 0.3 is 6.09 Å². The Morgan fingerprint density at radius 2 is 1.71 bits per heavy atom. The molecule has 1 unspecified atom stereocenters. The fourth-order valence-electron chi connectivity index (χ4n) is 1.56. The zero-order chi connectivity index (χ0) is 13.7. The van der Waals surface area contributed by atoms with Crippen LogP contribution < -0.4 is 5.32 Å². The molecule has 0 heterocycles. The van der Waals surface area contributed by atoms with E-state index in [0.29, 0.717) is 6.42 Å². The number of aliphatic hydroxyl groups is 1. The lowest BCUT2D eigenvalue weighted by Gasteiger charge is -2.27. The number of unbranched alkanes of at least 4 members (excludes halogenated alkanes) is 4. The molecule has 0 radical (unpaired) electrons. The Morgan fingerprint density at radius 1 is 1.18 bits per heavy atom.